The molecule has 1 unspecified atom stereocenters. The number of aromatic nitrogens is 6. The molecule has 4 atom stereocenters. The Morgan fingerprint density at radius 2 is 1.69 bits per heavy atom. The molecule has 2 aliphatic heterocycles. The standard InChI is InChI=1S/C38H42F3N9O4/c1-20-12-13-29(38(39,40)41)45-35(20)46-36(54)28-15-37-19-48(5)30(52)11-9-7-6-8-10-26-33-25(14-27(44-26)24-16-42-23(4)43-17-24)32(22(3)51)47-49(33)18-31(53)50(28)34(37)21(37)2/h12-14,16-17,21,28,34H,6-11,15,18-19H2,1-5H3,(H,45,46,54)/t21-,28-,34?,37+/m0/s1. The van der Waals surface area contributed by atoms with Crippen LogP contribution in [0, 0.1) is 25.2 Å². The fourth-order valence-electron chi connectivity index (χ4n) is 8.37. The Labute approximate surface area is 309 Å². The predicted molar refractivity (Wildman–Crippen MR) is 191 cm³/mol. The highest BCUT2D eigenvalue weighted by atomic mass is 19.4. The van der Waals surface area contributed by atoms with Crippen LogP contribution in [-0.2, 0) is 33.5 Å². The number of ketones is 1. The third-order valence-electron chi connectivity index (χ3n) is 11.3. The lowest BCUT2D eigenvalue weighted by atomic mass is 9.95. The molecule has 16 heteroatoms. The first-order chi connectivity index (χ1) is 25.6. The first-order valence-electron chi connectivity index (χ1n) is 18.2. The van der Waals surface area contributed by atoms with Gasteiger partial charge in [0, 0.05) is 61.7 Å². The molecule has 4 aromatic rings. The third kappa shape index (κ3) is 6.70. The summed E-state index contributed by atoms with van der Waals surface area (Å²) in [6, 6.07) is 2.33. The van der Waals surface area contributed by atoms with Gasteiger partial charge in [0.1, 0.15) is 35.6 Å². The maximum atomic E-state index is 14.6. The minimum absolute atomic E-state index is 0.0330. The van der Waals surface area contributed by atoms with E-state index in [0.29, 0.717) is 65.0 Å². The summed E-state index contributed by atoms with van der Waals surface area (Å²) >= 11 is 0. The summed E-state index contributed by atoms with van der Waals surface area (Å²) in [7, 11) is 1.73. The van der Waals surface area contributed by atoms with E-state index in [-0.39, 0.29) is 42.1 Å². The zero-order chi connectivity index (χ0) is 38.7. The number of amides is 3. The molecule has 284 valence electrons. The normalized spacial score (nSPS) is 23.7. The summed E-state index contributed by atoms with van der Waals surface area (Å²) in [5.41, 5.74) is 1.09. The molecule has 7 rings (SSSR count). The van der Waals surface area contributed by atoms with Crippen LogP contribution in [0.4, 0.5) is 19.0 Å². The summed E-state index contributed by atoms with van der Waals surface area (Å²) in [6.45, 7) is 6.68. The highest BCUT2D eigenvalue weighted by Crippen LogP contribution is 2.64. The summed E-state index contributed by atoms with van der Waals surface area (Å²) in [6.07, 6.45) is 2.70. The van der Waals surface area contributed by atoms with Crippen LogP contribution in [0.2, 0.25) is 0 Å². The number of halogens is 3. The average Bonchev–Trinajstić information content (AvgIpc) is 3.38. The van der Waals surface area contributed by atoms with Gasteiger partial charge in [0.15, 0.2) is 5.78 Å². The van der Waals surface area contributed by atoms with Crippen LogP contribution in [0.15, 0.2) is 30.6 Å². The molecule has 13 nitrogen and oxygen atoms in total. The molecule has 2 fully saturated rings. The molecule has 6 heterocycles. The Kier molecular flexibility index (Phi) is 9.50. The summed E-state index contributed by atoms with van der Waals surface area (Å²) in [4.78, 5) is 75.5. The van der Waals surface area contributed by atoms with Crippen molar-refractivity contribution in [2.45, 2.75) is 97.4 Å². The monoisotopic (exact) mass is 745 g/mol. The fourth-order valence-corrected chi connectivity index (χ4v) is 8.37. The van der Waals surface area contributed by atoms with Gasteiger partial charge < -0.3 is 15.1 Å². The SMILES string of the molecule is CC(=O)c1nn2c3c(nc(-c4cnc(C)nc4)cc13)CCCCCCC(=O)N(C)C[C@@]13C[C@@H](C(=O)Nc4nc(C(F)(F)F)ccc4C)N(C(=O)C2)C1[C@@H]3C. The topological polar surface area (TPSA) is 156 Å². The minimum atomic E-state index is -4.73. The van der Waals surface area contributed by atoms with Crippen molar-refractivity contribution < 1.29 is 32.3 Å². The number of aryl methyl sites for hydroxylation is 3. The molecule has 1 saturated carbocycles. The van der Waals surface area contributed by atoms with E-state index in [1.165, 1.54) is 29.5 Å². The molecule has 0 spiro atoms. The Balaban J connectivity index is 1.31. The van der Waals surface area contributed by atoms with Crippen molar-refractivity contribution in [3.05, 3.63) is 59.1 Å². The van der Waals surface area contributed by atoms with Crippen molar-refractivity contribution in [2.75, 3.05) is 18.9 Å². The van der Waals surface area contributed by atoms with Crippen molar-refractivity contribution in [3.8, 4) is 11.3 Å². The van der Waals surface area contributed by atoms with Crippen LogP contribution in [0.5, 0.6) is 0 Å². The van der Waals surface area contributed by atoms with Crippen molar-refractivity contribution in [1.29, 1.82) is 0 Å². The second-order valence-corrected chi connectivity index (χ2v) is 14.9. The molecule has 1 aliphatic carbocycles. The summed E-state index contributed by atoms with van der Waals surface area (Å²) in [5, 5.41) is 7.76. The molecule has 0 radical (unpaired) electrons. The highest BCUT2D eigenvalue weighted by molar-refractivity contribution is 6.06. The van der Waals surface area contributed by atoms with Crippen molar-refractivity contribution >= 4 is 40.2 Å². The van der Waals surface area contributed by atoms with Crippen molar-refractivity contribution in [3.63, 3.8) is 0 Å². The van der Waals surface area contributed by atoms with E-state index in [9.17, 15) is 32.3 Å². The second kappa shape index (κ2) is 13.9. The maximum absolute atomic E-state index is 14.6. The Morgan fingerprint density at radius 3 is 2.37 bits per heavy atom. The predicted octanol–water partition coefficient (Wildman–Crippen LogP) is 5.33. The number of rotatable bonds is 4. The molecular weight excluding hydrogens is 703 g/mol. The number of anilines is 1. The van der Waals surface area contributed by atoms with Crippen molar-refractivity contribution in [1.82, 2.24) is 39.5 Å². The van der Waals surface area contributed by atoms with E-state index in [4.69, 9.17) is 4.98 Å². The van der Waals surface area contributed by atoms with Gasteiger partial charge in [0.05, 0.1) is 16.9 Å². The van der Waals surface area contributed by atoms with E-state index in [1.54, 1.807) is 37.3 Å². The quantitative estimate of drug-likeness (QED) is 0.273. The van der Waals surface area contributed by atoms with E-state index in [0.717, 1.165) is 25.3 Å². The molecule has 3 amide bonds. The smallest absolute Gasteiger partial charge is 0.345 e. The van der Waals surface area contributed by atoms with E-state index in [1.807, 2.05) is 6.92 Å². The van der Waals surface area contributed by atoms with Crippen LogP contribution in [-0.4, -0.2) is 88.7 Å². The number of pyridine rings is 2. The molecule has 3 aliphatic rings. The fraction of sp³-hybridized carbons (Fsp3) is 0.500. The van der Waals surface area contributed by atoms with Crippen LogP contribution < -0.4 is 5.32 Å². The Hall–Kier alpha value is -5.28. The van der Waals surface area contributed by atoms with Crippen LogP contribution in [0.1, 0.15) is 85.6 Å². The lowest BCUT2D eigenvalue weighted by Crippen LogP contribution is -2.47. The van der Waals surface area contributed by atoms with Gasteiger partial charge in [-0.3, -0.25) is 28.8 Å². The van der Waals surface area contributed by atoms with Gasteiger partial charge in [-0.05, 0) is 63.1 Å². The molecule has 4 aromatic heterocycles. The minimum Gasteiger partial charge on any atom is -0.345 e. The first kappa shape index (κ1) is 37.1. The van der Waals surface area contributed by atoms with Crippen LogP contribution >= 0.6 is 0 Å². The van der Waals surface area contributed by atoms with E-state index >= 15 is 0 Å². The van der Waals surface area contributed by atoms with E-state index in [2.05, 4.69) is 25.4 Å². The summed E-state index contributed by atoms with van der Waals surface area (Å²) in [5.74, 6) is -1.21. The molecule has 1 N–H and O–H groups in total. The molecule has 2 bridgehead atoms. The lowest BCUT2D eigenvalue weighted by Gasteiger charge is -2.29. The lowest BCUT2D eigenvalue weighted by molar-refractivity contribution is -0.141. The largest absolute Gasteiger partial charge is 0.433 e. The number of nitrogens with one attached hydrogen (secondary N) is 1. The highest BCUT2D eigenvalue weighted by Gasteiger charge is 2.73. The number of Topliss-reactive ketones (excluding diaryl/α,β-unsaturated/α-hetero) is 1. The number of alkyl halides is 3. The average molecular weight is 746 g/mol. The van der Waals surface area contributed by atoms with Gasteiger partial charge in [0.25, 0.3) is 0 Å². The van der Waals surface area contributed by atoms with Crippen molar-refractivity contribution in [2.24, 2.45) is 11.3 Å². The van der Waals surface area contributed by atoms with Gasteiger partial charge in [-0.15, -0.1) is 0 Å². The van der Waals surface area contributed by atoms with Gasteiger partial charge in [0.2, 0.25) is 17.7 Å². The van der Waals surface area contributed by atoms with Gasteiger partial charge in [-0.25, -0.2) is 15.0 Å². The number of hydrogen-bond donors (Lipinski definition) is 1. The molecule has 0 aromatic carbocycles. The zero-order valence-corrected chi connectivity index (χ0v) is 30.8. The Bertz CT molecular complexity index is 2170. The van der Waals surface area contributed by atoms with E-state index < -0.39 is 41.2 Å². The second-order valence-electron chi connectivity index (χ2n) is 14.9. The molecular formula is C38H42F3N9O4. The summed E-state index contributed by atoms with van der Waals surface area (Å²) < 4.78 is 42.2. The Morgan fingerprint density at radius 1 is 0.981 bits per heavy atom. The van der Waals surface area contributed by atoms with Gasteiger partial charge in [-0.2, -0.15) is 18.3 Å². The van der Waals surface area contributed by atoms with Gasteiger partial charge in [-0.1, -0.05) is 25.8 Å². The maximum Gasteiger partial charge on any atom is 0.433 e. The molecule has 1 saturated heterocycles. The van der Waals surface area contributed by atoms with Crippen LogP contribution in [0.25, 0.3) is 22.2 Å². The number of nitrogens with zero attached hydrogens (tertiary/aromatic N) is 8. The zero-order valence-electron chi connectivity index (χ0n) is 30.8. The van der Waals surface area contributed by atoms with Gasteiger partial charge >= 0.3 is 6.18 Å². The van der Waals surface area contributed by atoms with Crippen LogP contribution in [0.3, 0.4) is 0 Å². The molecule has 54 heavy (non-hydrogen) atoms. The number of piperidine rings is 1. The third-order valence-corrected chi connectivity index (χ3v) is 11.3. The number of carbonyl (C=O) groups excluding carboxylic acids is 4. The number of carbonyl (C=O) groups is 4. The first-order valence-corrected chi connectivity index (χ1v) is 18.2. The number of hydrogen-bond acceptors (Lipinski definition) is 9.